The normalized spacial score (nSPS) is 23.0. The van der Waals surface area contributed by atoms with Crippen LogP contribution in [0.3, 0.4) is 0 Å². The first-order chi connectivity index (χ1) is 8.63. The van der Waals surface area contributed by atoms with Gasteiger partial charge in [0.2, 0.25) is 0 Å². The van der Waals surface area contributed by atoms with Crippen molar-refractivity contribution < 1.29 is 9.90 Å². The van der Waals surface area contributed by atoms with Crippen molar-refractivity contribution in [3.63, 3.8) is 0 Å². The summed E-state index contributed by atoms with van der Waals surface area (Å²) in [6, 6.07) is 5.17. The molecule has 1 aliphatic rings. The van der Waals surface area contributed by atoms with Crippen molar-refractivity contribution in [2.45, 2.75) is 32.2 Å². The van der Waals surface area contributed by atoms with E-state index in [-0.39, 0.29) is 17.7 Å². The van der Waals surface area contributed by atoms with Crippen LogP contribution >= 0.6 is 11.6 Å². The average molecular weight is 268 g/mol. The second-order valence-electron chi connectivity index (χ2n) is 4.87. The first kappa shape index (κ1) is 13.2. The van der Waals surface area contributed by atoms with Gasteiger partial charge in [0.25, 0.3) is 5.91 Å². The van der Waals surface area contributed by atoms with E-state index in [2.05, 4.69) is 5.32 Å². The first-order valence-corrected chi connectivity index (χ1v) is 6.82. The van der Waals surface area contributed by atoms with E-state index >= 15 is 0 Å². The lowest BCUT2D eigenvalue weighted by Crippen LogP contribution is -2.38. The molecule has 2 N–H and O–H groups in total. The Morgan fingerprint density at radius 2 is 2.28 bits per heavy atom. The van der Waals surface area contributed by atoms with E-state index in [1.807, 2.05) is 0 Å². The largest absolute Gasteiger partial charge is 0.508 e. The minimum Gasteiger partial charge on any atom is -0.508 e. The van der Waals surface area contributed by atoms with Crippen molar-refractivity contribution in [1.82, 2.24) is 5.32 Å². The van der Waals surface area contributed by atoms with E-state index in [1.165, 1.54) is 0 Å². The fourth-order valence-corrected chi connectivity index (χ4v) is 2.90. The zero-order chi connectivity index (χ0) is 13.1. The number of halogens is 1. The molecule has 1 aromatic carbocycles. The Bertz CT molecular complexity index is 447. The number of phenols is 1. The van der Waals surface area contributed by atoms with Gasteiger partial charge in [0.05, 0.1) is 0 Å². The smallest absolute Gasteiger partial charge is 0.251 e. The van der Waals surface area contributed by atoms with Gasteiger partial charge in [0, 0.05) is 23.0 Å². The second-order valence-corrected chi connectivity index (χ2v) is 5.18. The highest BCUT2D eigenvalue weighted by Gasteiger charge is 2.28. The van der Waals surface area contributed by atoms with Crippen molar-refractivity contribution in [2.75, 3.05) is 5.88 Å². The van der Waals surface area contributed by atoms with E-state index in [4.69, 9.17) is 11.6 Å². The molecule has 0 heterocycles. The number of rotatable bonds is 3. The number of alkyl halides is 1. The van der Waals surface area contributed by atoms with Gasteiger partial charge in [-0.2, -0.15) is 0 Å². The van der Waals surface area contributed by atoms with Crippen LogP contribution in [0.5, 0.6) is 5.75 Å². The van der Waals surface area contributed by atoms with Gasteiger partial charge < -0.3 is 10.4 Å². The van der Waals surface area contributed by atoms with E-state index in [0.29, 0.717) is 22.9 Å². The number of carbonyl (C=O) groups is 1. The van der Waals surface area contributed by atoms with Crippen molar-refractivity contribution in [3.05, 3.63) is 29.3 Å². The summed E-state index contributed by atoms with van der Waals surface area (Å²) in [5, 5.41) is 12.6. The number of phenolic OH excluding ortho intramolecular Hbond substituents is 1. The summed E-state index contributed by atoms with van der Waals surface area (Å²) >= 11 is 5.90. The molecule has 3 nitrogen and oxygen atoms in total. The zero-order valence-electron chi connectivity index (χ0n) is 10.4. The van der Waals surface area contributed by atoms with Crippen LogP contribution < -0.4 is 5.32 Å². The number of hydrogen-bond donors (Lipinski definition) is 2. The van der Waals surface area contributed by atoms with E-state index in [1.54, 1.807) is 25.1 Å². The van der Waals surface area contributed by atoms with E-state index in [0.717, 1.165) is 19.3 Å². The summed E-state index contributed by atoms with van der Waals surface area (Å²) in [5.74, 6) is 0.992. The Morgan fingerprint density at radius 1 is 1.50 bits per heavy atom. The zero-order valence-corrected chi connectivity index (χ0v) is 11.2. The van der Waals surface area contributed by atoms with Gasteiger partial charge in [0.15, 0.2) is 0 Å². The maximum Gasteiger partial charge on any atom is 0.251 e. The third-order valence-corrected chi connectivity index (χ3v) is 4.12. The summed E-state index contributed by atoms with van der Waals surface area (Å²) in [6.07, 6.45) is 3.18. The van der Waals surface area contributed by atoms with Crippen LogP contribution in [0.4, 0.5) is 0 Å². The van der Waals surface area contributed by atoms with Crippen LogP contribution in [-0.2, 0) is 0 Å². The molecule has 0 aliphatic heterocycles. The Kier molecular flexibility index (Phi) is 4.12. The first-order valence-electron chi connectivity index (χ1n) is 6.29. The van der Waals surface area contributed by atoms with Gasteiger partial charge in [-0.05, 0) is 37.8 Å². The van der Waals surface area contributed by atoms with Crippen molar-refractivity contribution in [3.8, 4) is 5.75 Å². The molecule has 18 heavy (non-hydrogen) atoms. The third kappa shape index (κ3) is 2.61. The van der Waals surface area contributed by atoms with Crippen LogP contribution in [0, 0.1) is 12.8 Å². The van der Waals surface area contributed by atoms with Gasteiger partial charge in [-0.1, -0.05) is 12.5 Å². The highest BCUT2D eigenvalue weighted by atomic mass is 35.5. The number of amides is 1. The van der Waals surface area contributed by atoms with Crippen LogP contribution in [0.25, 0.3) is 0 Å². The Hall–Kier alpha value is -1.22. The maximum atomic E-state index is 12.2. The topological polar surface area (TPSA) is 49.3 Å². The highest BCUT2D eigenvalue weighted by molar-refractivity contribution is 6.18. The molecule has 0 spiro atoms. The molecule has 1 aliphatic carbocycles. The molecule has 1 aromatic rings. The van der Waals surface area contributed by atoms with Gasteiger partial charge in [-0.3, -0.25) is 4.79 Å². The standard InChI is InChI=1S/C14H18ClNO2/c1-9-11(5-3-7-13(9)17)14(18)16-12-6-2-4-10(12)8-15/h3,5,7,10,12,17H,2,4,6,8H2,1H3,(H,16,18). The maximum absolute atomic E-state index is 12.2. The molecule has 0 aromatic heterocycles. The summed E-state index contributed by atoms with van der Waals surface area (Å²) in [7, 11) is 0. The van der Waals surface area contributed by atoms with Crippen LogP contribution in [0.15, 0.2) is 18.2 Å². The van der Waals surface area contributed by atoms with Crippen LogP contribution in [0.2, 0.25) is 0 Å². The number of benzene rings is 1. The van der Waals surface area contributed by atoms with Crippen molar-refractivity contribution >= 4 is 17.5 Å². The second kappa shape index (κ2) is 5.61. The molecule has 2 rings (SSSR count). The summed E-state index contributed by atoms with van der Waals surface area (Å²) < 4.78 is 0. The summed E-state index contributed by atoms with van der Waals surface area (Å²) in [6.45, 7) is 1.75. The minimum atomic E-state index is -0.120. The minimum absolute atomic E-state index is 0.120. The van der Waals surface area contributed by atoms with Crippen molar-refractivity contribution in [1.29, 1.82) is 0 Å². The predicted molar refractivity (Wildman–Crippen MR) is 72.2 cm³/mol. The summed E-state index contributed by atoms with van der Waals surface area (Å²) in [5.41, 5.74) is 1.16. The van der Waals surface area contributed by atoms with Crippen molar-refractivity contribution in [2.24, 2.45) is 5.92 Å². The van der Waals surface area contributed by atoms with Crippen LogP contribution in [0.1, 0.15) is 35.2 Å². The molecule has 1 amide bonds. The number of nitrogens with one attached hydrogen (secondary N) is 1. The van der Waals surface area contributed by atoms with Gasteiger partial charge in [0.1, 0.15) is 5.75 Å². The van der Waals surface area contributed by atoms with E-state index < -0.39 is 0 Å². The molecule has 4 heteroatoms. The van der Waals surface area contributed by atoms with E-state index in [9.17, 15) is 9.90 Å². The molecule has 0 radical (unpaired) electrons. The molecule has 0 bridgehead atoms. The Labute approximate surface area is 112 Å². The predicted octanol–water partition coefficient (Wildman–Crippen LogP) is 2.84. The molecule has 1 fully saturated rings. The third-order valence-electron chi connectivity index (χ3n) is 3.72. The fourth-order valence-electron chi connectivity index (χ4n) is 2.53. The number of hydrogen-bond acceptors (Lipinski definition) is 2. The molecular formula is C14H18ClNO2. The lowest BCUT2D eigenvalue weighted by molar-refractivity contribution is 0.0929. The lowest BCUT2D eigenvalue weighted by atomic mass is 10.0. The lowest BCUT2D eigenvalue weighted by Gasteiger charge is -2.19. The highest BCUT2D eigenvalue weighted by Crippen LogP contribution is 2.27. The molecule has 1 saturated carbocycles. The summed E-state index contributed by atoms with van der Waals surface area (Å²) in [4.78, 5) is 12.2. The van der Waals surface area contributed by atoms with Crippen LogP contribution in [-0.4, -0.2) is 22.9 Å². The number of aromatic hydroxyl groups is 1. The Balaban J connectivity index is 2.10. The SMILES string of the molecule is Cc1c(O)cccc1C(=O)NC1CCCC1CCl. The fraction of sp³-hybridized carbons (Fsp3) is 0.500. The van der Waals surface area contributed by atoms with Gasteiger partial charge in [-0.25, -0.2) is 0 Å². The Morgan fingerprint density at radius 3 is 3.00 bits per heavy atom. The molecule has 98 valence electrons. The molecule has 2 unspecified atom stereocenters. The number of carbonyl (C=O) groups excluding carboxylic acids is 1. The average Bonchev–Trinajstić information content (AvgIpc) is 2.79. The molecule has 2 atom stereocenters. The van der Waals surface area contributed by atoms with Gasteiger partial charge >= 0.3 is 0 Å². The monoisotopic (exact) mass is 267 g/mol. The quantitative estimate of drug-likeness (QED) is 0.828. The molecule has 0 saturated heterocycles. The molecular weight excluding hydrogens is 250 g/mol. The van der Waals surface area contributed by atoms with Gasteiger partial charge in [-0.15, -0.1) is 11.6 Å².